The van der Waals surface area contributed by atoms with Crippen LogP contribution in [-0.2, 0) is 13.1 Å². The highest BCUT2D eigenvalue weighted by molar-refractivity contribution is 7.14. The van der Waals surface area contributed by atoms with E-state index in [9.17, 15) is 4.79 Å². The molecule has 0 aliphatic carbocycles. The Hall–Kier alpha value is -3.90. The molecule has 0 saturated carbocycles. The number of benzene rings is 2. The first-order valence-corrected chi connectivity index (χ1v) is 11.4. The van der Waals surface area contributed by atoms with Crippen LogP contribution in [0.15, 0.2) is 84.5 Å². The second-order valence-corrected chi connectivity index (χ2v) is 8.84. The molecule has 156 valence electrons. The molecule has 0 spiro atoms. The monoisotopic (exact) mass is 436 g/mol. The minimum Gasteiger partial charge on any atom is -0.359 e. The molecule has 4 heterocycles. The van der Waals surface area contributed by atoms with Gasteiger partial charge in [-0.15, -0.1) is 11.3 Å². The standard InChI is InChI=1S/C26H20N4OS/c31-26(29-24-13-28-22-6-2-1-5-21(22)24)30-14-18-9-8-17(11-19(18)15-30)20-12-25(32-16-20)23-7-3-4-10-27-23/h1-13,16,28H,14-15H2,(H,29,31). The van der Waals surface area contributed by atoms with Crippen molar-refractivity contribution in [3.63, 3.8) is 0 Å². The number of H-pyrrole nitrogens is 1. The van der Waals surface area contributed by atoms with Crippen LogP contribution in [0.5, 0.6) is 0 Å². The fourth-order valence-corrected chi connectivity index (χ4v) is 5.11. The molecule has 0 unspecified atom stereocenters. The Morgan fingerprint density at radius 2 is 1.84 bits per heavy atom. The molecular formula is C26H20N4OS. The number of nitrogens with zero attached hydrogens (tertiary/aromatic N) is 2. The third kappa shape index (κ3) is 3.35. The van der Waals surface area contributed by atoms with Crippen LogP contribution in [0.1, 0.15) is 11.1 Å². The van der Waals surface area contributed by atoms with Crippen LogP contribution in [-0.4, -0.2) is 20.9 Å². The summed E-state index contributed by atoms with van der Waals surface area (Å²) in [5, 5.41) is 6.24. The molecular weight excluding hydrogens is 416 g/mol. The number of aromatic nitrogens is 2. The lowest BCUT2D eigenvalue weighted by Gasteiger charge is -2.16. The molecule has 0 radical (unpaired) electrons. The second kappa shape index (κ2) is 7.66. The van der Waals surface area contributed by atoms with Gasteiger partial charge in [-0.2, -0.15) is 0 Å². The molecule has 6 rings (SSSR count). The number of carbonyl (C=O) groups excluding carboxylic acids is 1. The van der Waals surface area contributed by atoms with Crippen LogP contribution in [0.25, 0.3) is 32.6 Å². The Morgan fingerprint density at radius 3 is 2.75 bits per heavy atom. The van der Waals surface area contributed by atoms with Gasteiger partial charge in [0.2, 0.25) is 0 Å². The predicted molar refractivity (Wildman–Crippen MR) is 130 cm³/mol. The number of fused-ring (bicyclic) bond motifs is 2. The lowest BCUT2D eigenvalue weighted by Crippen LogP contribution is -2.30. The summed E-state index contributed by atoms with van der Waals surface area (Å²) in [6, 6.07) is 22.5. The molecule has 5 aromatic rings. The first-order chi connectivity index (χ1) is 15.7. The van der Waals surface area contributed by atoms with E-state index in [0.29, 0.717) is 13.1 Å². The van der Waals surface area contributed by atoms with Crippen LogP contribution in [0.4, 0.5) is 10.5 Å². The highest BCUT2D eigenvalue weighted by Gasteiger charge is 2.24. The van der Waals surface area contributed by atoms with Crippen LogP contribution in [0.2, 0.25) is 0 Å². The molecule has 1 aliphatic rings. The van der Waals surface area contributed by atoms with E-state index in [4.69, 9.17) is 0 Å². The van der Waals surface area contributed by atoms with Gasteiger partial charge in [0.15, 0.2) is 0 Å². The molecule has 2 N–H and O–H groups in total. The van der Waals surface area contributed by atoms with E-state index in [1.54, 1.807) is 11.3 Å². The fraction of sp³-hybridized carbons (Fsp3) is 0.0769. The summed E-state index contributed by atoms with van der Waals surface area (Å²) in [5.41, 5.74) is 7.55. The van der Waals surface area contributed by atoms with Gasteiger partial charge in [-0.05, 0) is 58.0 Å². The third-order valence-corrected chi connectivity index (χ3v) is 6.85. The van der Waals surface area contributed by atoms with Crippen LogP contribution < -0.4 is 5.32 Å². The zero-order chi connectivity index (χ0) is 21.5. The van der Waals surface area contributed by atoms with Crippen molar-refractivity contribution >= 4 is 34.0 Å². The molecule has 32 heavy (non-hydrogen) atoms. The Bertz CT molecular complexity index is 1440. The average Bonchev–Trinajstić information content (AvgIpc) is 3.58. The smallest absolute Gasteiger partial charge is 0.322 e. The highest BCUT2D eigenvalue weighted by atomic mass is 32.1. The van der Waals surface area contributed by atoms with E-state index in [1.165, 1.54) is 22.3 Å². The molecule has 5 nitrogen and oxygen atoms in total. The van der Waals surface area contributed by atoms with Gasteiger partial charge >= 0.3 is 6.03 Å². The van der Waals surface area contributed by atoms with Gasteiger partial charge in [-0.1, -0.05) is 36.4 Å². The highest BCUT2D eigenvalue weighted by Crippen LogP contribution is 2.34. The zero-order valence-electron chi connectivity index (χ0n) is 17.2. The van der Waals surface area contributed by atoms with Crippen molar-refractivity contribution in [3.05, 3.63) is 95.6 Å². The average molecular weight is 437 g/mol. The lowest BCUT2D eigenvalue weighted by atomic mass is 10.0. The van der Waals surface area contributed by atoms with E-state index in [-0.39, 0.29) is 6.03 Å². The van der Waals surface area contributed by atoms with Crippen LogP contribution >= 0.6 is 11.3 Å². The maximum Gasteiger partial charge on any atom is 0.322 e. The van der Waals surface area contributed by atoms with E-state index in [0.717, 1.165) is 27.2 Å². The minimum absolute atomic E-state index is 0.0829. The number of pyridine rings is 1. The summed E-state index contributed by atoms with van der Waals surface area (Å²) in [4.78, 5) is 23.6. The number of hydrogen-bond acceptors (Lipinski definition) is 3. The number of thiophene rings is 1. The van der Waals surface area contributed by atoms with Crippen LogP contribution in [0, 0.1) is 0 Å². The minimum atomic E-state index is -0.0829. The van der Waals surface area contributed by atoms with Gasteiger partial charge < -0.3 is 15.2 Å². The quantitative estimate of drug-likeness (QED) is 0.339. The predicted octanol–water partition coefficient (Wildman–Crippen LogP) is 6.51. The maximum absolute atomic E-state index is 12.9. The number of hydrogen-bond donors (Lipinski definition) is 2. The van der Waals surface area contributed by atoms with Gasteiger partial charge in [0.1, 0.15) is 0 Å². The van der Waals surface area contributed by atoms with E-state index in [1.807, 2.05) is 59.8 Å². The van der Waals surface area contributed by atoms with Crippen molar-refractivity contribution in [1.82, 2.24) is 14.9 Å². The van der Waals surface area contributed by atoms with Gasteiger partial charge in [0.05, 0.1) is 16.3 Å². The number of nitrogens with one attached hydrogen (secondary N) is 2. The second-order valence-electron chi connectivity index (χ2n) is 7.93. The summed E-state index contributed by atoms with van der Waals surface area (Å²) >= 11 is 1.70. The number of aromatic amines is 1. The van der Waals surface area contributed by atoms with Crippen LogP contribution in [0.3, 0.4) is 0 Å². The van der Waals surface area contributed by atoms with Gasteiger partial charge in [-0.3, -0.25) is 4.98 Å². The molecule has 1 aliphatic heterocycles. The van der Waals surface area contributed by atoms with E-state index >= 15 is 0 Å². The molecule has 3 aromatic heterocycles. The number of rotatable bonds is 3. The normalized spacial score (nSPS) is 12.8. The first-order valence-electron chi connectivity index (χ1n) is 10.5. The lowest BCUT2D eigenvalue weighted by molar-refractivity contribution is 0.212. The molecule has 6 heteroatoms. The number of amides is 2. The van der Waals surface area contributed by atoms with Gasteiger partial charge in [0, 0.05) is 36.4 Å². The Labute approximate surface area is 189 Å². The first kappa shape index (κ1) is 18.8. The fourth-order valence-electron chi connectivity index (χ4n) is 4.22. The van der Waals surface area contributed by atoms with Crippen molar-refractivity contribution in [2.75, 3.05) is 5.32 Å². The van der Waals surface area contributed by atoms with Crippen molar-refractivity contribution in [3.8, 4) is 21.7 Å². The van der Waals surface area contributed by atoms with E-state index < -0.39 is 0 Å². The topological polar surface area (TPSA) is 61.0 Å². The molecule has 2 aromatic carbocycles. The molecule has 0 bridgehead atoms. The Kier molecular flexibility index (Phi) is 4.51. The van der Waals surface area contributed by atoms with Crippen molar-refractivity contribution < 1.29 is 4.79 Å². The summed E-state index contributed by atoms with van der Waals surface area (Å²) in [6.07, 6.45) is 3.67. The van der Waals surface area contributed by atoms with Crippen molar-refractivity contribution in [1.29, 1.82) is 0 Å². The summed E-state index contributed by atoms with van der Waals surface area (Å²) in [6.45, 7) is 1.22. The molecule has 0 saturated heterocycles. The maximum atomic E-state index is 12.9. The Morgan fingerprint density at radius 1 is 0.969 bits per heavy atom. The molecule has 2 amide bonds. The van der Waals surface area contributed by atoms with Gasteiger partial charge in [0.25, 0.3) is 0 Å². The zero-order valence-corrected chi connectivity index (χ0v) is 18.0. The summed E-state index contributed by atoms with van der Waals surface area (Å²) in [7, 11) is 0. The summed E-state index contributed by atoms with van der Waals surface area (Å²) in [5.74, 6) is 0. The largest absolute Gasteiger partial charge is 0.359 e. The van der Waals surface area contributed by atoms with Crippen molar-refractivity contribution in [2.45, 2.75) is 13.1 Å². The number of para-hydroxylation sites is 1. The van der Waals surface area contributed by atoms with E-state index in [2.05, 4.69) is 44.9 Å². The molecule has 0 atom stereocenters. The van der Waals surface area contributed by atoms with Gasteiger partial charge in [-0.25, -0.2) is 4.79 Å². The number of urea groups is 1. The van der Waals surface area contributed by atoms with Crippen molar-refractivity contribution in [2.24, 2.45) is 0 Å². The Balaban J connectivity index is 1.20. The number of carbonyl (C=O) groups is 1. The third-order valence-electron chi connectivity index (χ3n) is 5.90. The summed E-state index contributed by atoms with van der Waals surface area (Å²) < 4.78 is 0. The SMILES string of the molecule is O=C(Nc1c[nH]c2ccccc12)N1Cc2ccc(-c3csc(-c4ccccn4)c3)cc2C1. The molecule has 0 fully saturated rings. The number of anilines is 1.